The lowest BCUT2D eigenvalue weighted by atomic mass is 9.80. The molecule has 14 rings (SSSR count). The third-order valence-corrected chi connectivity index (χ3v) is 13.7. The largest absolute Gasteiger partial charge is 0.456 e. The molecule has 12 aromatic carbocycles. The molecule has 0 saturated carbocycles. The van der Waals surface area contributed by atoms with Crippen molar-refractivity contribution < 1.29 is 8.83 Å². The maximum Gasteiger partial charge on any atom is 0.143 e. The van der Waals surface area contributed by atoms with Gasteiger partial charge in [0.2, 0.25) is 0 Å². The van der Waals surface area contributed by atoms with Gasteiger partial charge in [-0.15, -0.1) is 0 Å². The van der Waals surface area contributed by atoms with E-state index in [-0.39, 0.29) is 0 Å². The standard InChI is InChI=1S/C62H36O2/c1-2-17-42-40(15-1)41-16-3-4-18-43(41)55-35-38(32-33-44(42)55)59-48-21-5-7-23-50(48)61(51-24-8-6-22-49(51)59)60-39(37-31-34-47-45-19-9-11-29-56(45)63-58(47)36-37)25-13-26-52(60)54-28-14-27-53-46-20-10-12-30-57(46)64-62(53)54/h1-36H. The molecule has 0 aliphatic heterocycles. The molecule has 2 heterocycles. The van der Waals surface area contributed by atoms with E-state index in [9.17, 15) is 0 Å². The molecule has 0 saturated heterocycles. The molecule has 296 valence electrons. The van der Waals surface area contributed by atoms with Gasteiger partial charge in [-0.3, -0.25) is 0 Å². The van der Waals surface area contributed by atoms with Gasteiger partial charge in [0.1, 0.15) is 22.3 Å². The zero-order valence-corrected chi connectivity index (χ0v) is 34.6. The van der Waals surface area contributed by atoms with Gasteiger partial charge < -0.3 is 8.83 Å². The lowest BCUT2D eigenvalue weighted by Crippen LogP contribution is -1.95. The summed E-state index contributed by atoms with van der Waals surface area (Å²) in [5, 5.41) is 16.9. The van der Waals surface area contributed by atoms with E-state index in [4.69, 9.17) is 8.83 Å². The topological polar surface area (TPSA) is 26.3 Å². The molecule has 0 fully saturated rings. The number of hydrogen-bond acceptors (Lipinski definition) is 2. The lowest BCUT2D eigenvalue weighted by Gasteiger charge is -2.22. The molecule has 0 unspecified atom stereocenters. The van der Waals surface area contributed by atoms with Gasteiger partial charge in [-0.05, 0) is 123 Å². The molecule has 2 aromatic heterocycles. The Bertz CT molecular complexity index is 4170. The summed E-state index contributed by atoms with van der Waals surface area (Å²) >= 11 is 0. The van der Waals surface area contributed by atoms with Crippen LogP contribution in [0.25, 0.3) is 142 Å². The van der Waals surface area contributed by atoms with Gasteiger partial charge in [-0.2, -0.15) is 0 Å². The highest BCUT2D eigenvalue weighted by Crippen LogP contribution is 2.51. The van der Waals surface area contributed by atoms with Crippen LogP contribution < -0.4 is 0 Å². The first-order valence-electron chi connectivity index (χ1n) is 22.0. The predicted octanol–water partition coefficient (Wildman–Crippen LogP) is 17.9. The first kappa shape index (κ1) is 35.2. The Kier molecular flexibility index (Phi) is 7.43. The van der Waals surface area contributed by atoms with Crippen molar-refractivity contribution in [3.05, 3.63) is 218 Å². The van der Waals surface area contributed by atoms with Crippen molar-refractivity contribution >= 4 is 97.7 Å². The zero-order valence-electron chi connectivity index (χ0n) is 34.6. The number of fused-ring (bicyclic) bond motifs is 14. The summed E-state index contributed by atoms with van der Waals surface area (Å²) in [5.74, 6) is 0. The van der Waals surface area contributed by atoms with E-state index in [1.807, 2.05) is 12.1 Å². The fraction of sp³-hybridized carbons (Fsp3) is 0. The second-order valence-electron chi connectivity index (χ2n) is 17.0. The number of para-hydroxylation sites is 3. The molecule has 0 radical (unpaired) electrons. The normalized spacial score (nSPS) is 12.1. The quantitative estimate of drug-likeness (QED) is 0.131. The SMILES string of the molecule is c1cc(-c2ccc3c(c2)oc2ccccc23)c(-c2c3ccccc3c(-c3ccc4c5ccccc5c5ccccc5c4c3)c3ccccc23)c(-c2cccc3c2oc2ccccc23)c1. The van der Waals surface area contributed by atoms with Crippen LogP contribution in [0.2, 0.25) is 0 Å². The first-order chi connectivity index (χ1) is 31.8. The van der Waals surface area contributed by atoms with E-state index < -0.39 is 0 Å². The molecule has 0 spiro atoms. The molecule has 0 aliphatic rings. The van der Waals surface area contributed by atoms with Crippen molar-refractivity contribution in [3.8, 4) is 44.5 Å². The molecule has 2 heteroatoms. The Morgan fingerprint density at radius 2 is 0.625 bits per heavy atom. The molecule has 14 aromatic rings. The van der Waals surface area contributed by atoms with Crippen LogP contribution >= 0.6 is 0 Å². The van der Waals surface area contributed by atoms with Crippen LogP contribution in [-0.2, 0) is 0 Å². The maximum absolute atomic E-state index is 6.80. The van der Waals surface area contributed by atoms with Crippen LogP contribution in [0.15, 0.2) is 227 Å². The van der Waals surface area contributed by atoms with Crippen LogP contribution in [0.3, 0.4) is 0 Å². The summed E-state index contributed by atoms with van der Waals surface area (Å²) in [5.41, 5.74) is 12.7. The highest BCUT2D eigenvalue weighted by atomic mass is 16.3. The number of hydrogen-bond donors (Lipinski definition) is 0. The molecule has 0 atom stereocenters. The van der Waals surface area contributed by atoms with Gasteiger partial charge in [-0.25, -0.2) is 0 Å². The minimum Gasteiger partial charge on any atom is -0.456 e. The molecular formula is C62H36O2. The summed E-state index contributed by atoms with van der Waals surface area (Å²) in [7, 11) is 0. The van der Waals surface area contributed by atoms with E-state index in [1.54, 1.807) is 0 Å². The molecule has 0 aliphatic carbocycles. The third-order valence-electron chi connectivity index (χ3n) is 13.7. The number of benzene rings is 12. The van der Waals surface area contributed by atoms with E-state index in [1.165, 1.54) is 70.6 Å². The lowest BCUT2D eigenvalue weighted by molar-refractivity contribution is 0.669. The second kappa shape index (κ2) is 13.5. The van der Waals surface area contributed by atoms with E-state index >= 15 is 0 Å². The molecule has 64 heavy (non-hydrogen) atoms. The third kappa shape index (κ3) is 5.02. The fourth-order valence-electron chi connectivity index (χ4n) is 10.9. The van der Waals surface area contributed by atoms with Crippen molar-refractivity contribution in [2.24, 2.45) is 0 Å². The zero-order chi connectivity index (χ0) is 41.9. The van der Waals surface area contributed by atoms with Gasteiger partial charge in [0.15, 0.2) is 0 Å². The number of rotatable bonds is 4. The summed E-state index contributed by atoms with van der Waals surface area (Å²) in [6.07, 6.45) is 0. The first-order valence-corrected chi connectivity index (χ1v) is 22.0. The Labute approximate surface area is 367 Å². The Hall–Kier alpha value is -8.46. The van der Waals surface area contributed by atoms with E-state index in [2.05, 4.69) is 206 Å². The highest BCUT2D eigenvalue weighted by molar-refractivity contribution is 6.28. The number of furan rings is 2. The average Bonchev–Trinajstić information content (AvgIpc) is 3.94. The molecule has 0 amide bonds. The van der Waals surface area contributed by atoms with E-state index in [0.29, 0.717) is 0 Å². The minimum absolute atomic E-state index is 0.871. The van der Waals surface area contributed by atoms with Crippen LogP contribution in [0, 0.1) is 0 Å². The van der Waals surface area contributed by atoms with Crippen molar-refractivity contribution in [1.29, 1.82) is 0 Å². The van der Waals surface area contributed by atoms with Crippen molar-refractivity contribution in [1.82, 2.24) is 0 Å². The smallest absolute Gasteiger partial charge is 0.143 e. The average molecular weight is 813 g/mol. The molecule has 2 nitrogen and oxygen atoms in total. The molecule has 0 N–H and O–H groups in total. The fourth-order valence-corrected chi connectivity index (χ4v) is 10.9. The Morgan fingerprint density at radius 3 is 1.28 bits per heavy atom. The maximum atomic E-state index is 6.80. The molecular weight excluding hydrogens is 777 g/mol. The van der Waals surface area contributed by atoms with Gasteiger partial charge >= 0.3 is 0 Å². The van der Waals surface area contributed by atoms with Gasteiger partial charge in [0.05, 0.1) is 0 Å². The van der Waals surface area contributed by atoms with Crippen molar-refractivity contribution in [2.75, 3.05) is 0 Å². The van der Waals surface area contributed by atoms with Crippen LogP contribution in [0.4, 0.5) is 0 Å². The summed E-state index contributed by atoms with van der Waals surface area (Å²) < 4.78 is 13.3. The van der Waals surface area contributed by atoms with Crippen molar-refractivity contribution in [2.45, 2.75) is 0 Å². The van der Waals surface area contributed by atoms with Crippen LogP contribution in [0.5, 0.6) is 0 Å². The molecule has 0 bridgehead atoms. The summed E-state index contributed by atoms with van der Waals surface area (Å²) in [4.78, 5) is 0. The van der Waals surface area contributed by atoms with Crippen molar-refractivity contribution in [3.63, 3.8) is 0 Å². The van der Waals surface area contributed by atoms with Gasteiger partial charge in [0, 0.05) is 27.1 Å². The Balaban J connectivity index is 1.10. The van der Waals surface area contributed by atoms with Gasteiger partial charge in [-0.1, -0.05) is 188 Å². The summed E-state index contributed by atoms with van der Waals surface area (Å²) in [6, 6.07) is 79.4. The van der Waals surface area contributed by atoms with Gasteiger partial charge in [0.25, 0.3) is 0 Å². The van der Waals surface area contributed by atoms with Crippen LogP contribution in [0.1, 0.15) is 0 Å². The monoisotopic (exact) mass is 812 g/mol. The second-order valence-corrected chi connectivity index (χ2v) is 17.0. The van der Waals surface area contributed by atoms with E-state index in [0.717, 1.165) is 71.7 Å². The predicted molar refractivity (Wildman–Crippen MR) is 270 cm³/mol. The highest BCUT2D eigenvalue weighted by Gasteiger charge is 2.25. The summed E-state index contributed by atoms with van der Waals surface area (Å²) in [6.45, 7) is 0. The minimum atomic E-state index is 0.871. The van der Waals surface area contributed by atoms with Crippen LogP contribution in [-0.4, -0.2) is 0 Å². The Morgan fingerprint density at radius 1 is 0.203 bits per heavy atom.